The molecule has 0 radical (unpaired) electrons. The van der Waals surface area contributed by atoms with Gasteiger partial charge in [0.2, 0.25) is 12.7 Å². The predicted molar refractivity (Wildman–Crippen MR) is 127 cm³/mol. The summed E-state index contributed by atoms with van der Waals surface area (Å²) in [5.74, 6) is 1.12. The number of benzene rings is 2. The van der Waals surface area contributed by atoms with Crippen LogP contribution in [0.4, 0.5) is 13.2 Å². The Labute approximate surface area is 212 Å². The van der Waals surface area contributed by atoms with E-state index in [-0.39, 0.29) is 37.0 Å². The monoisotopic (exact) mass is 519 g/mol. The van der Waals surface area contributed by atoms with Gasteiger partial charge in [-0.05, 0) is 56.0 Å². The average molecular weight is 520 g/mol. The Morgan fingerprint density at radius 2 is 1.76 bits per heavy atom. The van der Waals surface area contributed by atoms with Crippen LogP contribution in [0.2, 0.25) is 0 Å². The normalized spacial score (nSPS) is 21.7. The Balaban J connectivity index is 0.991. The van der Waals surface area contributed by atoms with Gasteiger partial charge in [-0.1, -0.05) is 6.07 Å². The van der Waals surface area contributed by atoms with Crippen molar-refractivity contribution in [3.8, 4) is 17.2 Å². The number of ether oxygens (including phenoxy) is 3. The summed E-state index contributed by atoms with van der Waals surface area (Å²) in [6.45, 7) is 1.39. The second-order valence-electron chi connectivity index (χ2n) is 9.54. The van der Waals surface area contributed by atoms with Crippen molar-refractivity contribution < 1.29 is 37.0 Å². The van der Waals surface area contributed by atoms with Crippen molar-refractivity contribution in [1.82, 2.24) is 15.5 Å². The largest absolute Gasteiger partial charge is 0.490 e. The fourth-order valence-electron chi connectivity index (χ4n) is 4.95. The van der Waals surface area contributed by atoms with E-state index >= 15 is 0 Å². The number of nitrogens with zero attached hydrogens (tertiary/aromatic N) is 1. The van der Waals surface area contributed by atoms with Crippen LogP contribution in [0.25, 0.3) is 0 Å². The van der Waals surface area contributed by atoms with Crippen molar-refractivity contribution in [3.05, 3.63) is 53.6 Å². The molecule has 2 aromatic carbocycles. The summed E-state index contributed by atoms with van der Waals surface area (Å²) >= 11 is 0. The SMILES string of the molecule is O=C(CNC(=O)c1cccc(C(F)(F)F)c1)NC1CN(C2CCC(Oc3ccc4c(c3)OCO4)CC2)C1. The minimum Gasteiger partial charge on any atom is -0.490 e. The van der Waals surface area contributed by atoms with E-state index in [1.165, 1.54) is 6.07 Å². The van der Waals surface area contributed by atoms with Crippen LogP contribution in [0, 0.1) is 0 Å². The van der Waals surface area contributed by atoms with Gasteiger partial charge in [0.05, 0.1) is 24.3 Å². The first-order valence-corrected chi connectivity index (χ1v) is 12.3. The minimum absolute atomic E-state index is 0.0134. The van der Waals surface area contributed by atoms with E-state index < -0.39 is 17.6 Å². The maximum Gasteiger partial charge on any atom is 0.416 e. The molecule has 2 fully saturated rings. The molecule has 1 saturated carbocycles. The number of hydrogen-bond acceptors (Lipinski definition) is 6. The third-order valence-electron chi connectivity index (χ3n) is 6.94. The van der Waals surface area contributed by atoms with E-state index in [0.29, 0.717) is 11.8 Å². The summed E-state index contributed by atoms with van der Waals surface area (Å²) in [7, 11) is 0. The molecular formula is C26H28F3N3O5. The first-order valence-electron chi connectivity index (χ1n) is 12.3. The Morgan fingerprint density at radius 3 is 2.51 bits per heavy atom. The molecule has 0 bridgehead atoms. The van der Waals surface area contributed by atoms with E-state index in [1.807, 2.05) is 18.2 Å². The lowest BCUT2D eigenvalue weighted by atomic mass is 9.89. The highest BCUT2D eigenvalue weighted by Gasteiger charge is 2.36. The highest BCUT2D eigenvalue weighted by molar-refractivity contribution is 5.96. The second-order valence-corrected chi connectivity index (χ2v) is 9.54. The summed E-state index contributed by atoms with van der Waals surface area (Å²) in [4.78, 5) is 26.7. The number of rotatable bonds is 7. The van der Waals surface area contributed by atoms with E-state index in [0.717, 1.165) is 68.5 Å². The molecule has 0 atom stereocenters. The number of fused-ring (bicyclic) bond motifs is 1. The summed E-state index contributed by atoms with van der Waals surface area (Å²) in [6, 6.07) is 10.1. The molecule has 0 unspecified atom stereocenters. The Morgan fingerprint density at radius 1 is 1.00 bits per heavy atom. The second kappa shape index (κ2) is 10.5. The number of alkyl halides is 3. The molecule has 11 heteroatoms. The van der Waals surface area contributed by atoms with Gasteiger partial charge in [-0.2, -0.15) is 13.2 Å². The van der Waals surface area contributed by atoms with Crippen LogP contribution in [0.5, 0.6) is 17.2 Å². The Hall–Kier alpha value is -3.47. The molecule has 0 spiro atoms. The molecule has 8 nitrogen and oxygen atoms in total. The lowest BCUT2D eigenvalue weighted by Crippen LogP contribution is -2.63. The zero-order valence-electron chi connectivity index (χ0n) is 20.1. The van der Waals surface area contributed by atoms with Gasteiger partial charge in [0.1, 0.15) is 5.75 Å². The highest BCUT2D eigenvalue weighted by Crippen LogP contribution is 2.37. The number of hydrogen-bond donors (Lipinski definition) is 2. The van der Waals surface area contributed by atoms with E-state index in [1.54, 1.807) is 0 Å². The van der Waals surface area contributed by atoms with Gasteiger partial charge in [0.25, 0.3) is 5.91 Å². The van der Waals surface area contributed by atoms with E-state index in [2.05, 4.69) is 15.5 Å². The van der Waals surface area contributed by atoms with Crippen LogP contribution in [-0.4, -0.2) is 61.3 Å². The molecule has 198 valence electrons. The maximum absolute atomic E-state index is 12.8. The van der Waals surface area contributed by atoms with Crippen LogP contribution >= 0.6 is 0 Å². The fourth-order valence-corrected chi connectivity index (χ4v) is 4.95. The lowest BCUT2D eigenvalue weighted by molar-refractivity contribution is -0.137. The molecule has 1 aliphatic carbocycles. The van der Waals surface area contributed by atoms with Crippen molar-refractivity contribution in [2.45, 2.75) is 50.0 Å². The van der Waals surface area contributed by atoms with Crippen LogP contribution < -0.4 is 24.8 Å². The molecule has 0 aromatic heterocycles. The van der Waals surface area contributed by atoms with Gasteiger partial charge < -0.3 is 24.8 Å². The summed E-state index contributed by atoms with van der Waals surface area (Å²) in [6.07, 6.45) is -0.508. The Bertz CT molecular complexity index is 1140. The smallest absolute Gasteiger partial charge is 0.416 e. The van der Waals surface area contributed by atoms with Crippen LogP contribution in [-0.2, 0) is 11.0 Å². The molecule has 3 aliphatic rings. The standard InChI is InChI=1S/C26H28F3N3O5/c27-26(28,29)17-3-1-2-16(10-17)25(34)30-12-24(33)31-18-13-32(14-18)19-4-6-20(7-5-19)37-21-8-9-22-23(11-21)36-15-35-22/h1-3,8-11,18-20H,4-7,12-15H2,(H,30,34)(H,31,33). The first-order chi connectivity index (χ1) is 17.7. The highest BCUT2D eigenvalue weighted by atomic mass is 19.4. The van der Waals surface area contributed by atoms with Crippen molar-refractivity contribution in [1.29, 1.82) is 0 Å². The van der Waals surface area contributed by atoms with Crippen molar-refractivity contribution >= 4 is 11.8 Å². The Kier molecular flexibility index (Phi) is 7.14. The molecule has 2 amide bonds. The molecule has 5 rings (SSSR count). The van der Waals surface area contributed by atoms with Crippen LogP contribution in [0.1, 0.15) is 41.6 Å². The van der Waals surface area contributed by atoms with Crippen molar-refractivity contribution in [2.24, 2.45) is 0 Å². The van der Waals surface area contributed by atoms with Crippen LogP contribution in [0.15, 0.2) is 42.5 Å². The topological polar surface area (TPSA) is 89.1 Å². The summed E-state index contributed by atoms with van der Waals surface area (Å²) in [5, 5.41) is 5.25. The third-order valence-corrected chi connectivity index (χ3v) is 6.94. The van der Waals surface area contributed by atoms with Gasteiger partial charge in [-0.3, -0.25) is 14.5 Å². The molecule has 2 heterocycles. The number of nitrogens with one attached hydrogen (secondary N) is 2. The lowest BCUT2D eigenvalue weighted by Gasteiger charge is -2.46. The number of carbonyl (C=O) groups is 2. The third kappa shape index (κ3) is 6.10. The molecule has 2 aromatic rings. The maximum atomic E-state index is 12.8. The average Bonchev–Trinajstić information content (AvgIpc) is 3.33. The zero-order chi connectivity index (χ0) is 26.0. The number of halogens is 3. The minimum atomic E-state index is -4.54. The quantitative estimate of drug-likeness (QED) is 0.584. The van der Waals surface area contributed by atoms with Crippen molar-refractivity contribution in [2.75, 3.05) is 26.4 Å². The first kappa shape index (κ1) is 25.2. The van der Waals surface area contributed by atoms with Gasteiger partial charge in [-0.15, -0.1) is 0 Å². The number of carbonyl (C=O) groups excluding carboxylic acids is 2. The van der Waals surface area contributed by atoms with Gasteiger partial charge >= 0.3 is 6.18 Å². The summed E-state index contributed by atoms with van der Waals surface area (Å²) < 4.78 is 55.4. The molecular weight excluding hydrogens is 491 g/mol. The number of likely N-dealkylation sites (tertiary alicyclic amines) is 1. The van der Waals surface area contributed by atoms with Gasteiger partial charge in [-0.25, -0.2) is 0 Å². The fraction of sp³-hybridized carbons (Fsp3) is 0.462. The molecule has 2 N–H and O–H groups in total. The van der Waals surface area contributed by atoms with Crippen LogP contribution in [0.3, 0.4) is 0 Å². The van der Waals surface area contributed by atoms with E-state index in [4.69, 9.17) is 14.2 Å². The molecule has 37 heavy (non-hydrogen) atoms. The molecule has 2 aliphatic heterocycles. The number of amides is 2. The summed E-state index contributed by atoms with van der Waals surface area (Å²) in [5.41, 5.74) is -1.05. The predicted octanol–water partition coefficient (Wildman–Crippen LogP) is 3.35. The molecule has 1 saturated heterocycles. The van der Waals surface area contributed by atoms with E-state index in [9.17, 15) is 22.8 Å². The van der Waals surface area contributed by atoms with Gasteiger partial charge in [0.15, 0.2) is 11.5 Å². The zero-order valence-corrected chi connectivity index (χ0v) is 20.1. The van der Waals surface area contributed by atoms with Crippen molar-refractivity contribution in [3.63, 3.8) is 0 Å². The van der Waals surface area contributed by atoms with Gasteiger partial charge in [0, 0.05) is 30.8 Å².